The molecule has 5 nitrogen and oxygen atoms in total. The lowest BCUT2D eigenvalue weighted by Gasteiger charge is -2.28. The number of ether oxygens (including phenoxy) is 1. The van der Waals surface area contributed by atoms with Gasteiger partial charge in [-0.1, -0.05) is 28.1 Å². The van der Waals surface area contributed by atoms with Crippen LogP contribution in [0.25, 0.3) is 0 Å². The first-order chi connectivity index (χ1) is 12.4. The Balaban J connectivity index is 1.88. The quantitative estimate of drug-likeness (QED) is 0.719. The number of nitrogens with zero attached hydrogens (tertiary/aromatic N) is 1. The lowest BCUT2D eigenvalue weighted by molar-refractivity contribution is 0.0681. The minimum absolute atomic E-state index is 0.0193. The van der Waals surface area contributed by atoms with Crippen molar-refractivity contribution in [1.82, 2.24) is 4.90 Å². The molecule has 26 heavy (non-hydrogen) atoms. The van der Waals surface area contributed by atoms with Gasteiger partial charge in [0.25, 0.3) is 5.91 Å². The van der Waals surface area contributed by atoms with Crippen LogP contribution in [-0.4, -0.2) is 43.9 Å². The molecule has 1 fully saturated rings. The zero-order chi connectivity index (χ0) is 18.7. The monoisotopic (exact) mass is 437 g/mol. The minimum Gasteiger partial charge on any atom is -0.497 e. The van der Waals surface area contributed by atoms with Gasteiger partial charge in [0.1, 0.15) is 5.75 Å². The molecule has 138 valence electrons. The summed E-state index contributed by atoms with van der Waals surface area (Å²) in [6.07, 6.45) is 0.473. The molecule has 1 unspecified atom stereocenters. The highest BCUT2D eigenvalue weighted by Crippen LogP contribution is 2.24. The fraction of sp³-hybridized carbons (Fsp3) is 0.316. The molecule has 0 bridgehead atoms. The maximum absolute atomic E-state index is 13.1. The van der Waals surface area contributed by atoms with Crippen molar-refractivity contribution >= 4 is 31.7 Å². The Morgan fingerprint density at radius 3 is 2.35 bits per heavy atom. The molecule has 0 N–H and O–H groups in total. The Kier molecular flexibility index (Phi) is 5.67. The Labute approximate surface area is 162 Å². The van der Waals surface area contributed by atoms with Crippen molar-refractivity contribution in [3.8, 4) is 5.75 Å². The van der Waals surface area contributed by atoms with Crippen LogP contribution < -0.4 is 4.74 Å². The summed E-state index contributed by atoms with van der Waals surface area (Å²) in [4.78, 5) is 14.7. The number of amides is 1. The van der Waals surface area contributed by atoms with Crippen molar-refractivity contribution in [2.45, 2.75) is 19.0 Å². The zero-order valence-electron chi connectivity index (χ0n) is 14.4. The molecule has 7 heteroatoms. The van der Waals surface area contributed by atoms with E-state index in [4.69, 9.17) is 4.74 Å². The molecule has 0 spiro atoms. The molecule has 1 amide bonds. The number of hydrogen-bond donors (Lipinski definition) is 0. The predicted molar refractivity (Wildman–Crippen MR) is 104 cm³/mol. The number of hydrogen-bond acceptors (Lipinski definition) is 4. The molecule has 2 aromatic rings. The molecule has 1 atom stereocenters. The molecular formula is C19H20BrNO4S. The third kappa shape index (κ3) is 4.45. The summed E-state index contributed by atoms with van der Waals surface area (Å²) < 4.78 is 29.9. The topological polar surface area (TPSA) is 63.7 Å². The van der Waals surface area contributed by atoms with E-state index in [9.17, 15) is 13.2 Å². The van der Waals surface area contributed by atoms with Crippen molar-refractivity contribution in [3.63, 3.8) is 0 Å². The first-order valence-electron chi connectivity index (χ1n) is 8.28. The van der Waals surface area contributed by atoms with Crippen LogP contribution in [-0.2, 0) is 16.4 Å². The van der Waals surface area contributed by atoms with E-state index in [1.807, 2.05) is 36.4 Å². The van der Waals surface area contributed by atoms with Crippen molar-refractivity contribution in [3.05, 3.63) is 64.1 Å². The van der Waals surface area contributed by atoms with E-state index < -0.39 is 9.84 Å². The number of benzene rings is 2. The second-order valence-corrected chi connectivity index (χ2v) is 9.49. The Morgan fingerprint density at radius 2 is 1.81 bits per heavy atom. The summed E-state index contributed by atoms with van der Waals surface area (Å²) in [5.41, 5.74) is 1.48. The lowest BCUT2D eigenvalue weighted by atomic mass is 10.1. The number of carbonyl (C=O) groups is 1. The second-order valence-electron chi connectivity index (χ2n) is 6.34. The van der Waals surface area contributed by atoms with Gasteiger partial charge in [0.05, 0.1) is 18.6 Å². The highest BCUT2D eigenvalue weighted by Gasteiger charge is 2.35. The van der Waals surface area contributed by atoms with Crippen molar-refractivity contribution in [1.29, 1.82) is 0 Å². The molecule has 0 radical (unpaired) electrons. The van der Waals surface area contributed by atoms with E-state index in [0.717, 1.165) is 15.8 Å². The van der Waals surface area contributed by atoms with Crippen LogP contribution in [0.2, 0.25) is 0 Å². The molecule has 3 rings (SSSR count). The highest BCUT2D eigenvalue weighted by atomic mass is 79.9. The molecule has 1 aliphatic rings. The van der Waals surface area contributed by atoms with Gasteiger partial charge in [-0.05, 0) is 48.4 Å². The van der Waals surface area contributed by atoms with Crippen LogP contribution in [0.15, 0.2) is 53.0 Å². The summed E-state index contributed by atoms with van der Waals surface area (Å²) in [5.74, 6) is 0.730. The Morgan fingerprint density at radius 1 is 1.15 bits per heavy atom. The summed E-state index contributed by atoms with van der Waals surface area (Å²) in [7, 11) is -1.49. The van der Waals surface area contributed by atoms with Crippen LogP contribution in [0.4, 0.5) is 0 Å². The standard InChI is InChI=1S/C19H20BrNO4S/c1-25-18-8-2-14(3-9-18)12-21(17-10-11-26(23,24)13-17)19(22)15-4-6-16(20)7-5-15/h2-9,17H,10-13H2,1H3. The first kappa shape index (κ1) is 18.9. The van der Waals surface area contributed by atoms with Crippen LogP contribution in [0.1, 0.15) is 22.3 Å². The van der Waals surface area contributed by atoms with Gasteiger partial charge in [-0.25, -0.2) is 8.42 Å². The molecule has 0 aliphatic carbocycles. The van der Waals surface area contributed by atoms with Crippen LogP contribution in [0, 0.1) is 0 Å². The largest absolute Gasteiger partial charge is 0.497 e. The van der Waals surface area contributed by atoms with Crippen molar-refractivity contribution < 1.29 is 17.9 Å². The molecule has 2 aromatic carbocycles. The van der Waals surface area contributed by atoms with Gasteiger partial charge >= 0.3 is 0 Å². The van der Waals surface area contributed by atoms with Gasteiger partial charge < -0.3 is 9.64 Å². The molecule has 1 heterocycles. The smallest absolute Gasteiger partial charge is 0.254 e. The SMILES string of the molecule is COc1ccc(CN(C(=O)c2ccc(Br)cc2)C2CCS(=O)(=O)C2)cc1. The number of sulfone groups is 1. The molecule has 1 aliphatic heterocycles. The average molecular weight is 438 g/mol. The van der Waals surface area contributed by atoms with Gasteiger partial charge in [-0.3, -0.25) is 4.79 Å². The van der Waals surface area contributed by atoms with E-state index in [0.29, 0.717) is 18.5 Å². The summed E-state index contributed by atoms with van der Waals surface area (Å²) >= 11 is 3.36. The summed E-state index contributed by atoms with van der Waals surface area (Å²) in [6, 6.07) is 14.3. The zero-order valence-corrected chi connectivity index (χ0v) is 16.8. The first-order valence-corrected chi connectivity index (χ1v) is 10.9. The summed E-state index contributed by atoms with van der Waals surface area (Å²) in [6.45, 7) is 0.360. The number of methoxy groups -OCH3 is 1. The normalized spacial score (nSPS) is 18.5. The van der Waals surface area contributed by atoms with Crippen LogP contribution >= 0.6 is 15.9 Å². The van der Waals surface area contributed by atoms with E-state index in [1.165, 1.54) is 0 Å². The van der Waals surface area contributed by atoms with Gasteiger partial charge in [-0.15, -0.1) is 0 Å². The number of rotatable bonds is 5. The van der Waals surface area contributed by atoms with Gasteiger partial charge in [0, 0.05) is 22.6 Å². The average Bonchev–Trinajstić information content (AvgIpc) is 3.00. The van der Waals surface area contributed by atoms with Crippen molar-refractivity contribution in [2.24, 2.45) is 0 Å². The third-order valence-corrected chi connectivity index (χ3v) is 6.79. The number of carbonyl (C=O) groups excluding carboxylic acids is 1. The van der Waals surface area contributed by atoms with Crippen molar-refractivity contribution in [2.75, 3.05) is 18.6 Å². The maximum atomic E-state index is 13.1. The third-order valence-electron chi connectivity index (χ3n) is 4.51. The van der Waals surface area contributed by atoms with E-state index in [2.05, 4.69) is 15.9 Å². The maximum Gasteiger partial charge on any atom is 0.254 e. The fourth-order valence-corrected chi connectivity index (χ4v) is 5.07. The van der Waals surface area contributed by atoms with E-state index >= 15 is 0 Å². The Hall–Kier alpha value is -1.86. The minimum atomic E-state index is -3.09. The second kappa shape index (κ2) is 7.80. The summed E-state index contributed by atoms with van der Waals surface area (Å²) in [5, 5.41) is 0. The van der Waals surface area contributed by atoms with E-state index in [-0.39, 0.29) is 23.5 Å². The highest BCUT2D eigenvalue weighted by molar-refractivity contribution is 9.10. The predicted octanol–water partition coefficient (Wildman–Crippen LogP) is 3.29. The Bertz CT molecular complexity index is 879. The van der Waals surface area contributed by atoms with Crippen LogP contribution in [0.3, 0.4) is 0 Å². The molecule has 1 saturated heterocycles. The van der Waals surface area contributed by atoms with Crippen LogP contribution in [0.5, 0.6) is 5.75 Å². The lowest BCUT2D eigenvalue weighted by Crippen LogP contribution is -2.40. The van der Waals surface area contributed by atoms with Gasteiger partial charge in [-0.2, -0.15) is 0 Å². The molecular weight excluding hydrogens is 418 g/mol. The number of halogens is 1. The molecule has 0 aromatic heterocycles. The fourth-order valence-electron chi connectivity index (χ4n) is 3.07. The molecule has 0 saturated carbocycles. The van der Waals surface area contributed by atoms with E-state index in [1.54, 1.807) is 24.1 Å². The van der Waals surface area contributed by atoms with Gasteiger partial charge in [0.2, 0.25) is 0 Å². The van der Waals surface area contributed by atoms with Gasteiger partial charge in [0.15, 0.2) is 9.84 Å².